The van der Waals surface area contributed by atoms with Gasteiger partial charge in [0, 0.05) is 20.2 Å². The molecule has 0 saturated heterocycles. The van der Waals surface area contributed by atoms with Crippen LogP contribution in [0.3, 0.4) is 0 Å². The molecule has 0 unspecified atom stereocenters. The summed E-state index contributed by atoms with van der Waals surface area (Å²) < 4.78 is 0.866. The molecule has 2 rings (SSSR count). The number of nitro benzene ring substituents is 1. The normalized spacial score (nSPS) is 10.9. The van der Waals surface area contributed by atoms with E-state index in [1.165, 1.54) is 29.2 Å². The van der Waals surface area contributed by atoms with E-state index in [1.54, 1.807) is 30.7 Å². The SMILES string of the molecule is CN(C)/C=N/c1ncc(Sc2ccccc2[N+](=O)[O-])s1. The highest BCUT2D eigenvalue weighted by atomic mass is 32.2. The molecule has 20 heavy (non-hydrogen) atoms. The van der Waals surface area contributed by atoms with Gasteiger partial charge < -0.3 is 4.90 Å². The van der Waals surface area contributed by atoms with Crippen molar-refractivity contribution in [2.24, 2.45) is 4.99 Å². The summed E-state index contributed by atoms with van der Waals surface area (Å²) in [5.41, 5.74) is 0.101. The number of thiazole rings is 1. The number of benzene rings is 1. The van der Waals surface area contributed by atoms with Crippen LogP contribution in [-0.2, 0) is 0 Å². The summed E-state index contributed by atoms with van der Waals surface area (Å²) in [5.74, 6) is 0. The maximum atomic E-state index is 10.9. The Morgan fingerprint density at radius 2 is 2.20 bits per heavy atom. The van der Waals surface area contributed by atoms with Gasteiger partial charge in [0.05, 0.1) is 26.6 Å². The fourth-order valence-electron chi connectivity index (χ4n) is 1.33. The van der Waals surface area contributed by atoms with Crippen molar-refractivity contribution in [3.8, 4) is 0 Å². The Bertz CT molecular complexity index is 640. The number of nitro groups is 1. The molecule has 0 radical (unpaired) electrons. The highest BCUT2D eigenvalue weighted by Gasteiger charge is 2.14. The Morgan fingerprint density at radius 1 is 1.45 bits per heavy atom. The first-order chi connectivity index (χ1) is 9.56. The van der Waals surface area contributed by atoms with Gasteiger partial charge in [0.1, 0.15) is 0 Å². The lowest BCUT2D eigenvalue weighted by atomic mass is 10.3. The lowest BCUT2D eigenvalue weighted by Crippen LogP contribution is -2.06. The molecule has 0 fully saturated rings. The Morgan fingerprint density at radius 3 is 2.90 bits per heavy atom. The van der Waals surface area contributed by atoms with Crippen LogP contribution in [0.2, 0.25) is 0 Å². The number of aliphatic imine (C=N–C) groups is 1. The van der Waals surface area contributed by atoms with Crippen LogP contribution in [-0.4, -0.2) is 35.2 Å². The van der Waals surface area contributed by atoms with Crippen LogP contribution in [0.15, 0.2) is 44.6 Å². The van der Waals surface area contributed by atoms with Gasteiger partial charge in [-0.1, -0.05) is 35.2 Å². The topological polar surface area (TPSA) is 71.6 Å². The first-order valence-electron chi connectivity index (χ1n) is 5.64. The number of hydrogen-bond acceptors (Lipinski definition) is 6. The van der Waals surface area contributed by atoms with Crippen molar-refractivity contribution in [3.05, 3.63) is 40.6 Å². The number of nitrogens with zero attached hydrogens (tertiary/aromatic N) is 4. The largest absolute Gasteiger partial charge is 0.369 e. The van der Waals surface area contributed by atoms with Gasteiger partial charge in [0.15, 0.2) is 0 Å². The quantitative estimate of drug-likeness (QED) is 0.366. The molecule has 1 heterocycles. The first kappa shape index (κ1) is 14.5. The van der Waals surface area contributed by atoms with Gasteiger partial charge in [0.2, 0.25) is 5.13 Å². The fourth-order valence-corrected chi connectivity index (χ4v) is 3.19. The third-order valence-corrected chi connectivity index (χ3v) is 4.22. The molecule has 8 heteroatoms. The molecule has 0 atom stereocenters. The highest BCUT2D eigenvalue weighted by Crippen LogP contribution is 2.38. The van der Waals surface area contributed by atoms with Crippen LogP contribution in [0, 0.1) is 10.1 Å². The molecule has 0 spiro atoms. The molecule has 1 aromatic heterocycles. The van der Waals surface area contributed by atoms with Crippen molar-refractivity contribution in [2.45, 2.75) is 9.10 Å². The van der Waals surface area contributed by atoms with Gasteiger partial charge in [0.25, 0.3) is 5.69 Å². The van der Waals surface area contributed by atoms with Crippen molar-refractivity contribution in [2.75, 3.05) is 14.1 Å². The highest BCUT2D eigenvalue weighted by molar-refractivity contribution is 8.01. The minimum absolute atomic E-state index is 0.101. The van der Waals surface area contributed by atoms with Gasteiger partial charge in [-0.2, -0.15) is 0 Å². The van der Waals surface area contributed by atoms with Gasteiger partial charge in [-0.05, 0) is 6.07 Å². The van der Waals surface area contributed by atoms with E-state index in [2.05, 4.69) is 9.98 Å². The second kappa shape index (κ2) is 6.49. The molecule has 0 bridgehead atoms. The number of para-hydroxylation sites is 1. The second-order valence-electron chi connectivity index (χ2n) is 4.00. The van der Waals surface area contributed by atoms with Crippen LogP contribution >= 0.6 is 23.1 Å². The molecule has 1 aromatic carbocycles. The average Bonchev–Trinajstić information content (AvgIpc) is 2.84. The minimum atomic E-state index is -0.380. The van der Waals surface area contributed by atoms with Crippen LogP contribution in [0.5, 0.6) is 0 Å². The summed E-state index contributed by atoms with van der Waals surface area (Å²) in [5, 5.41) is 11.6. The molecule has 0 N–H and O–H groups in total. The Labute approximate surface area is 124 Å². The molecule has 6 nitrogen and oxygen atoms in total. The molecule has 0 amide bonds. The Balaban J connectivity index is 2.17. The lowest BCUT2D eigenvalue weighted by Gasteiger charge is -2.00. The monoisotopic (exact) mass is 308 g/mol. The van der Waals surface area contributed by atoms with Crippen molar-refractivity contribution in [1.82, 2.24) is 9.88 Å². The number of hydrogen-bond donors (Lipinski definition) is 0. The zero-order valence-electron chi connectivity index (χ0n) is 10.9. The molecule has 0 aliphatic rings. The Kier molecular flexibility index (Phi) is 4.70. The van der Waals surface area contributed by atoms with Gasteiger partial charge in [-0.15, -0.1) is 0 Å². The van der Waals surface area contributed by atoms with Gasteiger partial charge in [-0.25, -0.2) is 9.98 Å². The van der Waals surface area contributed by atoms with E-state index in [9.17, 15) is 10.1 Å². The molecule has 0 aliphatic carbocycles. The van der Waals surface area contributed by atoms with E-state index in [1.807, 2.05) is 19.0 Å². The first-order valence-corrected chi connectivity index (χ1v) is 7.27. The van der Waals surface area contributed by atoms with Crippen LogP contribution < -0.4 is 0 Å². The zero-order chi connectivity index (χ0) is 14.5. The van der Waals surface area contributed by atoms with Gasteiger partial charge in [-0.3, -0.25) is 10.1 Å². The third-order valence-electron chi connectivity index (χ3n) is 2.14. The van der Waals surface area contributed by atoms with Gasteiger partial charge >= 0.3 is 0 Å². The maximum Gasteiger partial charge on any atom is 0.283 e. The van der Waals surface area contributed by atoms with E-state index in [4.69, 9.17) is 0 Å². The lowest BCUT2D eigenvalue weighted by molar-refractivity contribution is -0.387. The smallest absolute Gasteiger partial charge is 0.283 e. The Hall–Kier alpha value is -1.93. The second-order valence-corrected chi connectivity index (χ2v) is 6.35. The average molecular weight is 308 g/mol. The van der Waals surface area contributed by atoms with E-state index in [-0.39, 0.29) is 10.6 Å². The zero-order valence-corrected chi connectivity index (χ0v) is 12.5. The van der Waals surface area contributed by atoms with Crippen molar-refractivity contribution >= 4 is 40.3 Å². The molecule has 0 aliphatic heterocycles. The fraction of sp³-hybridized carbons (Fsp3) is 0.167. The minimum Gasteiger partial charge on any atom is -0.369 e. The number of aromatic nitrogens is 1. The van der Waals surface area contributed by atoms with Crippen LogP contribution in [0.4, 0.5) is 10.8 Å². The third kappa shape index (κ3) is 3.78. The number of rotatable bonds is 5. The summed E-state index contributed by atoms with van der Waals surface area (Å²) in [6.45, 7) is 0. The summed E-state index contributed by atoms with van der Waals surface area (Å²) in [4.78, 5) is 21.3. The van der Waals surface area contributed by atoms with Crippen LogP contribution in [0.25, 0.3) is 0 Å². The maximum absolute atomic E-state index is 10.9. The van der Waals surface area contributed by atoms with Crippen LogP contribution in [0.1, 0.15) is 0 Å². The van der Waals surface area contributed by atoms with E-state index >= 15 is 0 Å². The summed E-state index contributed by atoms with van der Waals surface area (Å²) in [6.07, 6.45) is 3.34. The summed E-state index contributed by atoms with van der Waals surface area (Å²) in [6, 6.07) is 6.66. The summed E-state index contributed by atoms with van der Waals surface area (Å²) in [7, 11) is 3.75. The van der Waals surface area contributed by atoms with E-state index < -0.39 is 0 Å². The van der Waals surface area contributed by atoms with E-state index in [0.29, 0.717) is 10.0 Å². The molecular formula is C12H12N4O2S2. The van der Waals surface area contributed by atoms with Crippen molar-refractivity contribution in [3.63, 3.8) is 0 Å². The molecular weight excluding hydrogens is 296 g/mol. The standard InChI is InChI=1S/C12H12N4O2S2/c1-15(2)8-14-12-13-7-11(20-12)19-10-6-4-3-5-9(10)16(17)18/h3-8H,1-2H3/b14-8+. The van der Waals surface area contributed by atoms with E-state index in [0.717, 1.165) is 4.21 Å². The predicted molar refractivity (Wildman–Crippen MR) is 81.2 cm³/mol. The van der Waals surface area contributed by atoms with Crippen molar-refractivity contribution < 1.29 is 4.92 Å². The molecule has 0 saturated carbocycles. The molecule has 104 valence electrons. The molecule has 2 aromatic rings. The summed E-state index contributed by atoms with van der Waals surface area (Å²) >= 11 is 2.72. The predicted octanol–water partition coefficient (Wildman–Crippen LogP) is 3.42. The van der Waals surface area contributed by atoms with Crippen molar-refractivity contribution in [1.29, 1.82) is 0 Å².